The summed E-state index contributed by atoms with van der Waals surface area (Å²) in [6, 6.07) is 0. The van der Waals surface area contributed by atoms with Crippen molar-refractivity contribution in [1.29, 1.82) is 0 Å². The van der Waals surface area contributed by atoms with E-state index in [9.17, 15) is 9.59 Å². The van der Waals surface area contributed by atoms with Gasteiger partial charge in [0.05, 0.1) is 0 Å². The minimum Gasteiger partial charge on any atom is -0.273 e. The van der Waals surface area contributed by atoms with E-state index in [1.165, 1.54) is 0 Å². The summed E-state index contributed by atoms with van der Waals surface area (Å²) in [6.45, 7) is 7.46. The van der Waals surface area contributed by atoms with Crippen LogP contribution in [0.15, 0.2) is 10.2 Å². The van der Waals surface area contributed by atoms with Crippen molar-refractivity contribution in [3.05, 3.63) is 0 Å². The molecule has 0 saturated heterocycles. The zero-order valence-electron chi connectivity index (χ0n) is 10.8. The van der Waals surface area contributed by atoms with E-state index in [1.807, 2.05) is 13.8 Å². The van der Waals surface area contributed by atoms with Crippen molar-refractivity contribution in [1.82, 2.24) is 10.9 Å². The Morgan fingerprint density at radius 1 is 0.882 bits per heavy atom. The molecule has 0 spiro atoms. The molecule has 0 aromatic heterocycles. The first-order valence-corrected chi connectivity index (χ1v) is 5.63. The van der Waals surface area contributed by atoms with Gasteiger partial charge in [-0.3, -0.25) is 9.59 Å². The molecular formula is C11H20N4O2. The Morgan fingerprint density at radius 3 is 1.53 bits per heavy atom. The second-order valence-electron chi connectivity index (χ2n) is 3.65. The molecule has 0 atom stereocenters. The number of nitrogens with zero attached hydrogens (tertiary/aromatic N) is 2. The normalized spacial score (nSPS) is 12.2. The lowest BCUT2D eigenvalue weighted by Gasteiger charge is -2.01. The molecule has 0 radical (unpaired) electrons. The summed E-state index contributed by atoms with van der Waals surface area (Å²) in [5, 5.41) is 7.62. The highest BCUT2D eigenvalue weighted by atomic mass is 16.2. The maximum atomic E-state index is 11.3. The van der Waals surface area contributed by atoms with E-state index in [2.05, 4.69) is 21.1 Å². The molecule has 2 N–H and O–H groups in total. The van der Waals surface area contributed by atoms with E-state index in [4.69, 9.17) is 0 Å². The number of nitrogens with one attached hydrogen (secondary N) is 2. The molecule has 0 aliphatic rings. The standard InChI is InChI=1S/C11H20N4O2/c1-5-8(3)12-14-10(16)7-11(17)15-13-9(4)6-2/h5-7H2,1-4H3,(H,14,16)(H,15,17). The van der Waals surface area contributed by atoms with Crippen molar-refractivity contribution in [3.63, 3.8) is 0 Å². The monoisotopic (exact) mass is 240 g/mol. The molecule has 2 amide bonds. The van der Waals surface area contributed by atoms with Gasteiger partial charge in [0.15, 0.2) is 0 Å². The zero-order valence-corrected chi connectivity index (χ0v) is 10.8. The molecular weight excluding hydrogens is 220 g/mol. The van der Waals surface area contributed by atoms with Crippen LogP contribution >= 0.6 is 0 Å². The lowest BCUT2D eigenvalue weighted by molar-refractivity contribution is -0.129. The number of carbonyl (C=O) groups is 2. The van der Waals surface area contributed by atoms with Gasteiger partial charge in [-0.25, -0.2) is 10.9 Å². The van der Waals surface area contributed by atoms with Crippen molar-refractivity contribution in [2.24, 2.45) is 10.2 Å². The summed E-state index contributed by atoms with van der Waals surface area (Å²) in [5.41, 5.74) is 6.22. The molecule has 0 aromatic carbocycles. The third kappa shape index (κ3) is 8.12. The van der Waals surface area contributed by atoms with E-state index in [0.717, 1.165) is 24.3 Å². The molecule has 17 heavy (non-hydrogen) atoms. The molecule has 0 rings (SSSR count). The van der Waals surface area contributed by atoms with Crippen molar-refractivity contribution in [2.45, 2.75) is 47.0 Å². The Balaban J connectivity index is 4.01. The van der Waals surface area contributed by atoms with Crippen LogP contribution < -0.4 is 10.9 Å². The van der Waals surface area contributed by atoms with Gasteiger partial charge in [-0.1, -0.05) is 13.8 Å². The van der Waals surface area contributed by atoms with Crippen molar-refractivity contribution >= 4 is 23.2 Å². The lowest BCUT2D eigenvalue weighted by Crippen LogP contribution is -2.28. The highest BCUT2D eigenvalue weighted by Crippen LogP contribution is 1.86. The van der Waals surface area contributed by atoms with Crippen LogP contribution in [0.1, 0.15) is 47.0 Å². The van der Waals surface area contributed by atoms with Crippen molar-refractivity contribution in [2.75, 3.05) is 0 Å². The predicted molar refractivity (Wildman–Crippen MR) is 67.7 cm³/mol. The SMILES string of the molecule is CCC(C)=NNC(=O)CC(=O)NN=C(C)CC. The van der Waals surface area contributed by atoms with Gasteiger partial charge in [0.1, 0.15) is 6.42 Å². The Hall–Kier alpha value is -1.72. The molecule has 0 heterocycles. The summed E-state index contributed by atoms with van der Waals surface area (Å²) >= 11 is 0. The fourth-order valence-corrected chi connectivity index (χ4v) is 0.699. The van der Waals surface area contributed by atoms with Crippen molar-refractivity contribution in [3.8, 4) is 0 Å². The molecule has 0 aliphatic heterocycles. The van der Waals surface area contributed by atoms with Gasteiger partial charge in [0, 0.05) is 11.4 Å². The molecule has 96 valence electrons. The number of hydrogen-bond acceptors (Lipinski definition) is 4. The highest BCUT2D eigenvalue weighted by Gasteiger charge is 2.07. The van der Waals surface area contributed by atoms with Gasteiger partial charge in [-0.2, -0.15) is 10.2 Å². The van der Waals surface area contributed by atoms with Crippen LogP contribution in [0.25, 0.3) is 0 Å². The summed E-state index contributed by atoms with van der Waals surface area (Å²) in [5.74, 6) is -0.890. The van der Waals surface area contributed by atoms with Gasteiger partial charge >= 0.3 is 0 Å². The number of hydrogen-bond donors (Lipinski definition) is 2. The zero-order chi connectivity index (χ0) is 13.3. The van der Waals surface area contributed by atoms with Crippen LogP contribution in [-0.2, 0) is 9.59 Å². The average molecular weight is 240 g/mol. The maximum absolute atomic E-state index is 11.3. The first-order valence-electron chi connectivity index (χ1n) is 5.63. The van der Waals surface area contributed by atoms with Crippen LogP contribution in [0.4, 0.5) is 0 Å². The first kappa shape index (κ1) is 15.3. The molecule has 6 nitrogen and oxygen atoms in total. The van der Waals surface area contributed by atoms with E-state index in [1.54, 1.807) is 13.8 Å². The Bertz CT molecular complexity index is 302. The van der Waals surface area contributed by atoms with E-state index in [-0.39, 0.29) is 6.42 Å². The van der Waals surface area contributed by atoms with Crippen LogP contribution in [0, 0.1) is 0 Å². The largest absolute Gasteiger partial charge is 0.273 e. The van der Waals surface area contributed by atoms with Gasteiger partial charge in [0.25, 0.3) is 0 Å². The minimum absolute atomic E-state index is 0.277. The smallest absolute Gasteiger partial charge is 0.249 e. The second-order valence-corrected chi connectivity index (χ2v) is 3.65. The molecule has 0 fully saturated rings. The second kappa shape index (κ2) is 8.43. The molecule has 0 aromatic rings. The number of hydrazone groups is 2. The van der Waals surface area contributed by atoms with Gasteiger partial charge in [-0.15, -0.1) is 0 Å². The Kier molecular flexibility index (Phi) is 7.58. The topological polar surface area (TPSA) is 82.9 Å². The van der Waals surface area contributed by atoms with E-state index in [0.29, 0.717) is 0 Å². The van der Waals surface area contributed by atoms with Gasteiger partial charge in [0.2, 0.25) is 11.8 Å². The van der Waals surface area contributed by atoms with Crippen LogP contribution in [0.5, 0.6) is 0 Å². The number of carbonyl (C=O) groups excluding carboxylic acids is 2. The van der Waals surface area contributed by atoms with Crippen LogP contribution in [-0.4, -0.2) is 23.2 Å². The molecule has 6 heteroatoms. The van der Waals surface area contributed by atoms with Crippen LogP contribution in [0.2, 0.25) is 0 Å². The third-order valence-electron chi connectivity index (χ3n) is 2.09. The fraction of sp³-hybridized carbons (Fsp3) is 0.636. The number of amides is 2. The quantitative estimate of drug-likeness (QED) is 0.415. The van der Waals surface area contributed by atoms with E-state index >= 15 is 0 Å². The minimum atomic E-state index is -0.445. The fourth-order valence-electron chi connectivity index (χ4n) is 0.699. The summed E-state index contributed by atoms with van der Waals surface area (Å²) in [6.07, 6.45) is 1.24. The molecule has 0 bridgehead atoms. The van der Waals surface area contributed by atoms with Gasteiger partial charge < -0.3 is 0 Å². The van der Waals surface area contributed by atoms with Crippen LogP contribution in [0.3, 0.4) is 0 Å². The van der Waals surface area contributed by atoms with Crippen molar-refractivity contribution < 1.29 is 9.59 Å². The molecule has 0 saturated carbocycles. The average Bonchev–Trinajstić information content (AvgIpc) is 2.32. The molecule has 0 unspecified atom stereocenters. The first-order chi connectivity index (χ1) is 7.99. The summed E-state index contributed by atoms with van der Waals surface area (Å²) in [4.78, 5) is 22.5. The Morgan fingerprint density at radius 2 is 1.24 bits per heavy atom. The summed E-state index contributed by atoms with van der Waals surface area (Å²) < 4.78 is 0. The summed E-state index contributed by atoms with van der Waals surface area (Å²) in [7, 11) is 0. The van der Waals surface area contributed by atoms with E-state index < -0.39 is 11.8 Å². The maximum Gasteiger partial charge on any atom is 0.249 e. The highest BCUT2D eigenvalue weighted by molar-refractivity contribution is 5.97. The Labute approximate surface area is 102 Å². The lowest BCUT2D eigenvalue weighted by atomic mass is 10.3. The number of rotatable bonds is 6. The van der Waals surface area contributed by atoms with Gasteiger partial charge in [-0.05, 0) is 26.7 Å². The third-order valence-corrected chi connectivity index (χ3v) is 2.09. The predicted octanol–water partition coefficient (Wildman–Crippen LogP) is 1.18. The molecule has 0 aliphatic carbocycles.